The van der Waals surface area contributed by atoms with Crippen LogP contribution in [0.4, 0.5) is 4.39 Å². The molecule has 0 aliphatic carbocycles. The van der Waals surface area contributed by atoms with E-state index in [0.717, 1.165) is 40.9 Å². The SMILES string of the molecule is O=C1CCCN1CCNCc1cc(-c2cccc(F)c2)cnc1-c1ccncc1. The lowest BCUT2D eigenvalue weighted by molar-refractivity contribution is -0.127. The van der Waals surface area contributed by atoms with Gasteiger partial charge in [0, 0.05) is 62.3 Å². The normalized spacial score (nSPS) is 13.8. The maximum atomic E-state index is 13.7. The summed E-state index contributed by atoms with van der Waals surface area (Å²) in [6, 6.07) is 12.4. The van der Waals surface area contributed by atoms with Gasteiger partial charge < -0.3 is 10.2 Å². The Morgan fingerprint density at radius 1 is 1.07 bits per heavy atom. The highest BCUT2D eigenvalue weighted by Crippen LogP contribution is 2.27. The third-order valence-corrected chi connectivity index (χ3v) is 5.12. The van der Waals surface area contributed by atoms with Crippen molar-refractivity contribution in [3.63, 3.8) is 0 Å². The molecule has 0 saturated carbocycles. The third-order valence-electron chi connectivity index (χ3n) is 5.12. The van der Waals surface area contributed by atoms with Crippen molar-refractivity contribution in [1.29, 1.82) is 0 Å². The van der Waals surface area contributed by atoms with Gasteiger partial charge in [-0.25, -0.2) is 4.39 Å². The zero-order chi connectivity index (χ0) is 20.1. The average Bonchev–Trinajstić information content (AvgIpc) is 3.16. The van der Waals surface area contributed by atoms with E-state index in [-0.39, 0.29) is 11.7 Å². The molecule has 29 heavy (non-hydrogen) atoms. The molecule has 0 atom stereocenters. The van der Waals surface area contributed by atoms with Gasteiger partial charge in [-0.1, -0.05) is 12.1 Å². The summed E-state index contributed by atoms with van der Waals surface area (Å²) < 4.78 is 13.7. The number of benzene rings is 1. The van der Waals surface area contributed by atoms with E-state index in [0.29, 0.717) is 26.1 Å². The summed E-state index contributed by atoms with van der Waals surface area (Å²) in [5.74, 6) is -0.0327. The predicted octanol–water partition coefficient (Wildman–Crippen LogP) is 3.66. The number of halogens is 1. The van der Waals surface area contributed by atoms with Crippen molar-refractivity contribution in [2.75, 3.05) is 19.6 Å². The summed E-state index contributed by atoms with van der Waals surface area (Å²) >= 11 is 0. The Kier molecular flexibility index (Phi) is 5.91. The fourth-order valence-electron chi connectivity index (χ4n) is 3.62. The highest BCUT2D eigenvalue weighted by atomic mass is 19.1. The van der Waals surface area contributed by atoms with Crippen molar-refractivity contribution < 1.29 is 9.18 Å². The summed E-state index contributed by atoms with van der Waals surface area (Å²) in [7, 11) is 0. The summed E-state index contributed by atoms with van der Waals surface area (Å²) in [6.45, 7) is 2.88. The highest BCUT2D eigenvalue weighted by molar-refractivity contribution is 5.78. The van der Waals surface area contributed by atoms with E-state index in [1.54, 1.807) is 24.7 Å². The van der Waals surface area contributed by atoms with Crippen LogP contribution in [0.5, 0.6) is 0 Å². The van der Waals surface area contributed by atoms with Gasteiger partial charge in [0.15, 0.2) is 0 Å². The number of rotatable bonds is 7. The molecule has 1 saturated heterocycles. The number of aromatic nitrogens is 2. The van der Waals surface area contributed by atoms with Gasteiger partial charge in [-0.05, 0) is 47.9 Å². The van der Waals surface area contributed by atoms with Crippen LogP contribution in [-0.2, 0) is 11.3 Å². The Balaban J connectivity index is 1.54. The van der Waals surface area contributed by atoms with Gasteiger partial charge in [-0.2, -0.15) is 0 Å². The molecular formula is C23H23FN4O. The van der Waals surface area contributed by atoms with Crippen molar-refractivity contribution in [3.05, 3.63) is 72.4 Å². The van der Waals surface area contributed by atoms with Crippen LogP contribution in [0.2, 0.25) is 0 Å². The molecule has 0 bridgehead atoms. The fourth-order valence-corrected chi connectivity index (χ4v) is 3.62. The van der Waals surface area contributed by atoms with Gasteiger partial charge in [0.25, 0.3) is 0 Å². The Bertz CT molecular complexity index is 993. The second-order valence-corrected chi connectivity index (χ2v) is 7.14. The molecule has 1 amide bonds. The Hall–Kier alpha value is -3.12. The molecule has 5 nitrogen and oxygen atoms in total. The van der Waals surface area contributed by atoms with Crippen LogP contribution >= 0.6 is 0 Å². The molecule has 3 aromatic rings. The fraction of sp³-hybridized carbons (Fsp3) is 0.261. The van der Waals surface area contributed by atoms with E-state index in [9.17, 15) is 9.18 Å². The molecule has 148 valence electrons. The number of carbonyl (C=O) groups is 1. The molecule has 4 rings (SSSR count). The monoisotopic (exact) mass is 390 g/mol. The number of carbonyl (C=O) groups excluding carboxylic acids is 1. The first-order chi connectivity index (χ1) is 14.2. The van der Waals surface area contributed by atoms with E-state index >= 15 is 0 Å². The molecule has 1 aromatic carbocycles. The molecule has 2 aromatic heterocycles. The molecule has 6 heteroatoms. The summed E-state index contributed by atoms with van der Waals surface area (Å²) in [6.07, 6.45) is 6.87. The lowest BCUT2D eigenvalue weighted by Crippen LogP contribution is -2.32. The summed E-state index contributed by atoms with van der Waals surface area (Å²) in [5, 5.41) is 3.43. The first kappa shape index (κ1) is 19.2. The molecule has 1 fully saturated rings. The topological polar surface area (TPSA) is 58.1 Å². The van der Waals surface area contributed by atoms with E-state index in [4.69, 9.17) is 0 Å². The van der Waals surface area contributed by atoms with Gasteiger partial charge >= 0.3 is 0 Å². The maximum Gasteiger partial charge on any atom is 0.222 e. The van der Waals surface area contributed by atoms with Gasteiger partial charge in [-0.15, -0.1) is 0 Å². The number of likely N-dealkylation sites (tertiary alicyclic amines) is 1. The Morgan fingerprint density at radius 3 is 2.69 bits per heavy atom. The molecule has 1 N–H and O–H groups in total. The van der Waals surface area contributed by atoms with Crippen molar-refractivity contribution in [2.45, 2.75) is 19.4 Å². The first-order valence-electron chi connectivity index (χ1n) is 9.84. The molecule has 0 unspecified atom stereocenters. The lowest BCUT2D eigenvalue weighted by Gasteiger charge is -2.17. The number of nitrogens with zero attached hydrogens (tertiary/aromatic N) is 3. The van der Waals surface area contributed by atoms with Crippen LogP contribution in [0.25, 0.3) is 22.4 Å². The van der Waals surface area contributed by atoms with Gasteiger partial charge in [0.1, 0.15) is 5.82 Å². The van der Waals surface area contributed by atoms with E-state index in [1.807, 2.05) is 29.2 Å². The average molecular weight is 390 g/mol. The number of hydrogen-bond acceptors (Lipinski definition) is 4. The van der Waals surface area contributed by atoms with E-state index in [1.165, 1.54) is 12.1 Å². The molecular weight excluding hydrogens is 367 g/mol. The number of hydrogen-bond donors (Lipinski definition) is 1. The molecule has 0 radical (unpaired) electrons. The molecule has 1 aliphatic heterocycles. The number of amides is 1. The lowest BCUT2D eigenvalue weighted by atomic mass is 10.0. The van der Waals surface area contributed by atoms with Crippen LogP contribution in [0.3, 0.4) is 0 Å². The van der Waals surface area contributed by atoms with Crippen LogP contribution in [0.15, 0.2) is 61.1 Å². The minimum Gasteiger partial charge on any atom is -0.341 e. The zero-order valence-corrected chi connectivity index (χ0v) is 16.1. The van der Waals surface area contributed by atoms with Crippen molar-refractivity contribution in [2.24, 2.45) is 0 Å². The Morgan fingerprint density at radius 2 is 1.93 bits per heavy atom. The predicted molar refractivity (Wildman–Crippen MR) is 110 cm³/mol. The van der Waals surface area contributed by atoms with E-state index < -0.39 is 0 Å². The molecule has 1 aliphatic rings. The van der Waals surface area contributed by atoms with Crippen LogP contribution in [0.1, 0.15) is 18.4 Å². The first-order valence-corrected chi connectivity index (χ1v) is 9.84. The van der Waals surface area contributed by atoms with Crippen LogP contribution in [-0.4, -0.2) is 40.4 Å². The second-order valence-electron chi connectivity index (χ2n) is 7.14. The third kappa shape index (κ3) is 4.66. The smallest absolute Gasteiger partial charge is 0.222 e. The quantitative estimate of drug-likeness (QED) is 0.626. The van der Waals surface area contributed by atoms with Gasteiger partial charge in [0.05, 0.1) is 5.69 Å². The zero-order valence-electron chi connectivity index (χ0n) is 16.1. The maximum absolute atomic E-state index is 13.7. The van der Waals surface area contributed by atoms with E-state index in [2.05, 4.69) is 15.3 Å². The minimum atomic E-state index is -0.268. The van der Waals surface area contributed by atoms with Crippen molar-refractivity contribution in [1.82, 2.24) is 20.2 Å². The number of pyridine rings is 2. The summed E-state index contributed by atoms with van der Waals surface area (Å²) in [4.78, 5) is 22.4. The Labute approximate surface area is 169 Å². The van der Waals surface area contributed by atoms with Crippen molar-refractivity contribution in [3.8, 4) is 22.4 Å². The molecule has 0 spiro atoms. The minimum absolute atomic E-state index is 0.235. The summed E-state index contributed by atoms with van der Waals surface area (Å²) in [5.41, 5.74) is 4.54. The van der Waals surface area contributed by atoms with Crippen LogP contribution < -0.4 is 5.32 Å². The number of nitrogens with one attached hydrogen (secondary N) is 1. The standard InChI is InChI=1S/C23H23FN4O/c24-21-4-1-3-18(14-21)19-13-20(15-26-10-12-28-11-2-5-22(28)29)23(27-16-19)17-6-8-25-9-7-17/h1,3-4,6-9,13-14,16,26H,2,5,10-12,15H2. The van der Waals surface area contributed by atoms with Gasteiger partial charge in [0.2, 0.25) is 5.91 Å². The van der Waals surface area contributed by atoms with Gasteiger partial charge in [-0.3, -0.25) is 14.8 Å². The highest BCUT2D eigenvalue weighted by Gasteiger charge is 2.19. The second kappa shape index (κ2) is 8.92. The van der Waals surface area contributed by atoms with Crippen molar-refractivity contribution >= 4 is 5.91 Å². The largest absolute Gasteiger partial charge is 0.341 e. The van der Waals surface area contributed by atoms with Crippen LogP contribution in [0, 0.1) is 5.82 Å². The molecule has 3 heterocycles.